The minimum absolute atomic E-state index is 0.272. The molecule has 0 radical (unpaired) electrons. The molecule has 2 fully saturated rings. The van der Waals surface area contributed by atoms with E-state index in [1.807, 2.05) is 30.3 Å². The van der Waals surface area contributed by atoms with Gasteiger partial charge in [0.25, 0.3) is 0 Å². The van der Waals surface area contributed by atoms with Gasteiger partial charge < -0.3 is 29.4 Å². The van der Waals surface area contributed by atoms with Crippen LogP contribution in [-0.2, 0) is 23.7 Å². The topological polar surface area (TPSA) is 86.2 Å². The van der Waals surface area contributed by atoms with Crippen molar-refractivity contribution in [1.82, 2.24) is 5.32 Å². The Morgan fingerprint density at radius 3 is 2.70 bits per heavy atom. The Balaban J connectivity index is 1.76. The Hall–Kier alpha value is -1.51. The highest BCUT2D eigenvalue weighted by Gasteiger charge is 2.49. The molecule has 2 N–H and O–H groups in total. The highest BCUT2D eigenvalue weighted by Crippen LogP contribution is 2.34. The number of hydrogen-bond donors (Lipinski definition) is 2. The lowest BCUT2D eigenvalue weighted by Crippen LogP contribution is -2.66. The van der Waals surface area contributed by atoms with Crippen LogP contribution in [0.4, 0.5) is 0 Å². The standard InChI is InChI=1S/C16H21NO6/c1-9(18)17-12-13(19)14-11(22-16(12)20-2)8-21-15(23-14)10-6-4-3-5-7-10/h3-7,11-16,19H,8H2,1-2H3,(H,17,18)/t11-,12-,13+,14+,15+,16+/m1/s1. The molecule has 23 heavy (non-hydrogen) atoms. The molecule has 1 amide bonds. The van der Waals surface area contributed by atoms with Gasteiger partial charge in [-0.05, 0) is 0 Å². The first-order chi connectivity index (χ1) is 11.1. The maximum atomic E-state index is 11.4. The van der Waals surface area contributed by atoms with E-state index >= 15 is 0 Å². The third-order valence-electron chi connectivity index (χ3n) is 4.04. The van der Waals surface area contributed by atoms with Gasteiger partial charge in [-0.1, -0.05) is 30.3 Å². The van der Waals surface area contributed by atoms with E-state index in [1.165, 1.54) is 14.0 Å². The number of amides is 1. The van der Waals surface area contributed by atoms with Gasteiger partial charge in [-0.2, -0.15) is 0 Å². The normalized spacial score (nSPS) is 37.0. The second-order valence-corrected chi connectivity index (χ2v) is 5.67. The van der Waals surface area contributed by atoms with Crippen molar-refractivity contribution in [3.05, 3.63) is 35.9 Å². The van der Waals surface area contributed by atoms with Crippen molar-refractivity contribution in [1.29, 1.82) is 0 Å². The van der Waals surface area contributed by atoms with E-state index in [2.05, 4.69) is 5.32 Å². The maximum absolute atomic E-state index is 11.4. The van der Waals surface area contributed by atoms with Gasteiger partial charge in [0.15, 0.2) is 12.6 Å². The summed E-state index contributed by atoms with van der Waals surface area (Å²) >= 11 is 0. The van der Waals surface area contributed by atoms with E-state index < -0.39 is 36.9 Å². The van der Waals surface area contributed by atoms with Gasteiger partial charge in [0.2, 0.25) is 5.91 Å². The molecule has 2 aliphatic rings. The number of aliphatic hydroxyl groups is 1. The summed E-state index contributed by atoms with van der Waals surface area (Å²) in [6, 6.07) is 8.78. The average molecular weight is 323 g/mol. The van der Waals surface area contributed by atoms with Gasteiger partial charge in [0.05, 0.1) is 6.61 Å². The van der Waals surface area contributed by atoms with Gasteiger partial charge in [-0.15, -0.1) is 0 Å². The van der Waals surface area contributed by atoms with Gasteiger partial charge >= 0.3 is 0 Å². The fourth-order valence-corrected chi connectivity index (χ4v) is 2.96. The number of ether oxygens (including phenoxy) is 4. The summed E-state index contributed by atoms with van der Waals surface area (Å²) in [6.07, 6.45) is -3.36. The first kappa shape index (κ1) is 16.4. The number of aliphatic hydroxyl groups excluding tert-OH is 1. The van der Waals surface area contributed by atoms with E-state index in [0.717, 1.165) is 5.56 Å². The minimum Gasteiger partial charge on any atom is -0.388 e. The van der Waals surface area contributed by atoms with E-state index in [4.69, 9.17) is 18.9 Å². The molecule has 6 atom stereocenters. The van der Waals surface area contributed by atoms with E-state index in [0.29, 0.717) is 0 Å². The van der Waals surface area contributed by atoms with Crippen LogP contribution in [0.25, 0.3) is 0 Å². The molecule has 0 aliphatic carbocycles. The number of rotatable bonds is 3. The van der Waals surface area contributed by atoms with Gasteiger partial charge in [0.1, 0.15) is 24.4 Å². The fourth-order valence-electron chi connectivity index (χ4n) is 2.96. The van der Waals surface area contributed by atoms with E-state index in [1.54, 1.807) is 0 Å². The van der Waals surface area contributed by atoms with E-state index in [-0.39, 0.29) is 12.5 Å². The first-order valence-electron chi connectivity index (χ1n) is 7.55. The molecule has 2 aliphatic heterocycles. The zero-order chi connectivity index (χ0) is 16.4. The van der Waals surface area contributed by atoms with Crippen LogP contribution in [0.1, 0.15) is 18.8 Å². The largest absolute Gasteiger partial charge is 0.388 e. The van der Waals surface area contributed by atoms with Crippen LogP contribution in [0.3, 0.4) is 0 Å². The SMILES string of the molecule is CO[C@H]1O[C@@H]2CO[C@H](c3ccccc3)O[C@@H]2[C@@H](O)[C@H]1NC(C)=O. The van der Waals surface area contributed by atoms with E-state index in [9.17, 15) is 9.90 Å². The molecular weight excluding hydrogens is 302 g/mol. The molecule has 1 aromatic rings. The maximum Gasteiger partial charge on any atom is 0.217 e. The molecule has 126 valence electrons. The zero-order valence-electron chi connectivity index (χ0n) is 13.0. The van der Waals surface area contributed by atoms with Crippen LogP contribution in [0.5, 0.6) is 0 Å². The third-order valence-corrected chi connectivity index (χ3v) is 4.04. The molecule has 2 saturated heterocycles. The molecule has 1 aromatic carbocycles. The van der Waals surface area contributed by atoms with Crippen molar-refractivity contribution in [3.63, 3.8) is 0 Å². The molecule has 0 spiro atoms. The van der Waals surface area contributed by atoms with Crippen molar-refractivity contribution in [2.45, 2.75) is 43.9 Å². The highest BCUT2D eigenvalue weighted by atomic mass is 16.7. The smallest absolute Gasteiger partial charge is 0.217 e. The number of fused-ring (bicyclic) bond motifs is 1. The molecule has 7 heteroatoms. The molecule has 0 aromatic heterocycles. The van der Waals surface area contributed by atoms with Crippen LogP contribution >= 0.6 is 0 Å². The summed E-state index contributed by atoms with van der Waals surface area (Å²) in [5.74, 6) is -0.273. The second-order valence-electron chi connectivity index (χ2n) is 5.67. The second kappa shape index (κ2) is 6.94. The molecular formula is C16H21NO6. The van der Waals surface area contributed by atoms with Crippen molar-refractivity contribution >= 4 is 5.91 Å². The summed E-state index contributed by atoms with van der Waals surface area (Å²) in [6.45, 7) is 1.65. The van der Waals surface area contributed by atoms with Crippen LogP contribution in [0, 0.1) is 0 Å². The molecule has 2 heterocycles. The van der Waals surface area contributed by atoms with Crippen molar-refractivity contribution in [2.75, 3.05) is 13.7 Å². The Bertz CT molecular complexity index is 539. The summed E-state index contributed by atoms with van der Waals surface area (Å²) in [5, 5.41) is 13.3. The molecule has 0 bridgehead atoms. The summed E-state index contributed by atoms with van der Waals surface area (Å²) in [5.41, 5.74) is 0.864. The van der Waals surface area contributed by atoms with Crippen molar-refractivity contribution in [2.24, 2.45) is 0 Å². The predicted octanol–water partition coefficient (Wildman–Crippen LogP) is 0.337. The van der Waals surface area contributed by atoms with Gasteiger partial charge in [0, 0.05) is 19.6 Å². The Morgan fingerprint density at radius 1 is 1.30 bits per heavy atom. The predicted molar refractivity (Wildman–Crippen MR) is 79.3 cm³/mol. The number of hydrogen-bond acceptors (Lipinski definition) is 6. The summed E-state index contributed by atoms with van der Waals surface area (Å²) < 4.78 is 22.6. The number of benzene rings is 1. The lowest BCUT2D eigenvalue weighted by Gasteiger charge is -2.47. The minimum atomic E-state index is -0.960. The monoisotopic (exact) mass is 323 g/mol. The Labute approximate surface area is 134 Å². The number of nitrogens with one attached hydrogen (secondary N) is 1. The third kappa shape index (κ3) is 3.39. The van der Waals surface area contributed by atoms with Crippen LogP contribution in [0.2, 0.25) is 0 Å². The van der Waals surface area contributed by atoms with Crippen molar-refractivity contribution < 1.29 is 28.8 Å². The molecule has 7 nitrogen and oxygen atoms in total. The molecule has 0 saturated carbocycles. The molecule has 3 rings (SSSR count). The summed E-state index contributed by atoms with van der Waals surface area (Å²) in [4.78, 5) is 11.4. The number of methoxy groups -OCH3 is 1. The number of carbonyl (C=O) groups is 1. The molecule has 0 unspecified atom stereocenters. The fraction of sp³-hybridized carbons (Fsp3) is 0.562. The van der Waals surface area contributed by atoms with Crippen LogP contribution in [0.15, 0.2) is 30.3 Å². The average Bonchev–Trinajstić information content (AvgIpc) is 2.57. The van der Waals surface area contributed by atoms with Gasteiger partial charge in [-0.25, -0.2) is 0 Å². The Morgan fingerprint density at radius 2 is 2.04 bits per heavy atom. The van der Waals surface area contributed by atoms with Crippen LogP contribution < -0.4 is 5.32 Å². The number of carbonyl (C=O) groups excluding carboxylic acids is 1. The quantitative estimate of drug-likeness (QED) is 0.834. The zero-order valence-corrected chi connectivity index (χ0v) is 13.0. The first-order valence-corrected chi connectivity index (χ1v) is 7.55. The highest BCUT2D eigenvalue weighted by molar-refractivity contribution is 5.73. The van der Waals surface area contributed by atoms with Gasteiger partial charge in [-0.3, -0.25) is 4.79 Å². The Kier molecular flexibility index (Phi) is 4.93. The van der Waals surface area contributed by atoms with Crippen LogP contribution in [-0.4, -0.2) is 55.4 Å². The lowest BCUT2D eigenvalue weighted by atomic mass is 9.95. The van der Waals surface area contributed by atoms with Crippen molar-refractivity contribution in [3.8, 4) is 0 Å². The lowest BCUT2D eigenvalue weighted by molar-refractivity contribution is -0.341. The summed E-state index contributed by atoms with van der Waals surface area (Å²) in [7, 11) is 1.46.